The van der Waals surface area contributed by atoms with Crippen molar-refractivity contribution >= 4 is 35.5 Å². The number of aliphatic carboxylic acids is 1. The second-order valence-electron chi connectivity index (χ2n) is 7.00. The number of nitrogens with one attached hydrogen (secondary N) is 2. The predicted octanol–water partition coefficient (Wildman–Crippen LogP) is 0.296. The van der Waals surface area contributed by atoms with E-state index in [2.05, 4.69) is 10.6 Å². The van der Waals surface area contributed by atoms with Crippen molar-refractivity contribution in [2.24, 2.45) is 5.41 Å². The molecule has 144 valence electrons. The van der Waals surface area contributed by atoms with Gasteiger partial charge in [-0.1, -0.05) is 18.2 Å². The molecule has 0 saturated carbocycles. The van der Waals surface area contributed by atoms with Crippen molar-refractivity contribution < 1.29 is 24.3 Å². The number of carbonyl (C=O) groups excluding carboxylic acids is 3. The average Bonchev–Trinajstić information content (AvgIpc) is 2.65. The van der Waals surface area contributed by atoms with Gasteiger partial charge < -0.3 is 20.6 Å². The first-order valence-electron chi connectivity index (χ1n) is 8.58. The van der Waals surface area contributed by atoms with Crippen LogP contribution in [-0.4, -0.2) is 63.5 Å². The van der Waals surface area contributed by atoms with Crippen molar-refractivity contribution in [1.29, 1.82) is 0 Å². The Balaban J connectivity index is 1.70. The second-order valence-corrected chi connectivity index (χ2v) is 8.11. The lowest BCUT2D eigenvalue weighted by Crippen LogP contribution is -2.75. The first-order valence-corrected chi connectivity index (χ1v) is 9.63. The highest BCUT2D eigenvalue weighted by molar-refractivity contribution is 8.00. The highest BCUT2D eigenvalue weighted by Crippen LogP contribution is 2.42. The first-order chi connectivity index (χ1) is 12.8. The van der Waals surface area contributed by atoms with E-state index >= 15 is 0 Å². The van der Waals surface area contributed by atoms with Crippen LogP contribution in [0.25, 0.3) is 0 Å². The number of hydrogen-bond acceptors (Lipinski definition) is 5. The van der Waals surface area contributed by atoms with Crippen LogP contribution in [0.15, 0.2) is 30.3 Å². The standard InChI is InChI=1S/C18H21N3O5S/c1-10(2)19-16(24)18(17(25)26)8-21-14(23)12(15(21)27-9-18)20-13(22)11-6-4-3-5-7-11/h3-7,10,12,15H,8-9H2,1-2H3,(H,19,24)(H,20,22)(H,25,26)/t12?,15-,18?/m1/s1. The van der Waals surface area contributed by atoms with Crippen LogP contribution in [0.1, 0.15) is 24.2 Å². The molecule has 2 aliphatic rings. The Bertz CT molecular complexity index is 784. The molecule has 0 aliphatic carbocycles. The quantitative estimate of drug-likeness (QED) is 0.491. The molecule has 0 radical (unpaired) electrons. The molecule has 8 nitrogen and oxygen atoms in total. The molecule has 1 aromatic rings. The fourth-order valence-corrected chi connectivity index (χ4v) is 4.69. The predicted molar refractivity (Wildman–Crippen MR) is 99.0 cm³/mol. The fourth-order valence-electron chi connectivity index (χ4n) is 3.15. The molecule has 2 aliphatic heterocycles. The van der Waals surface area contributed by atoms with Crippen molar-refractivity contribution in [3.05, 3.63) is 35.9 Å². The minimum absolute atomic E-state index is 0.0348. The zero-order chi connectivity index (χ0) is 19.8. The van der Waals surface area contributed by atoms with Gasteiger partial charge >= 0.3 is 5.97 Å². The zero-order valence-corrected chi connectivity index (χ0v) is 15.8. The molecule has 3 atom stereocenters. The molecular formula is C18H21N3O5S. The van der Waals surface area contributed by atoms with Crippen LogP contribution >= 0.6 is 11.8 Å². The maximum absolute atomic E-state index is 12.5. The van der Waals surface area contributed by atoms with Crippen molar-refractivity contribution in [2.45, 2.75) is 31.3 Å². The van der Waals surface area contributed by atoms with Crippen LogP contribution in [0.5, 0.6) is 0 Å². The van der Waals surface area contributed by atoms with Gasteiger partial charge in [-0.05, 0) is 26.0 Å². The summed E-state index contributed by atoms with van der Waals surface area (Å²) in [5.41, 5.74) is -1.24. The number of carboxylic acid groups (broad SMARTS) is 1. The van der Waals surface area contributed by atoms with E-state index in [0.29, 0.717) is 5.56 Å². The van der Waals surface area contributed by atoms with Crippen LogP contribution in [0, 0.1) is 5.41 Å². The van der Waals surface area contributed by atoms with Crippen LogP contribution < -0.4 is 10.6 Å². The average molecular weight is 391 g/mol. The number of β-lactam (4-membered cyclic amide) rings is 1. The Morgan fingerprint density at radius 1 is 1.26 bits per heavy atom. The van der Waals surface area contributed by atoms with E-state index < -0.39 is 23.3 Å². The minimum atomic E-state index is -1.69. The van der Waals surface area contributed by atoms with Crippen LogP contribution in [0.4, 0.5) is 0 Å². The number of fused-ring (bicyclic) bond motifs is 1. The summed E-state index contributed by atoms with van der Waals surface area (Å²) >= 11 is 1.20. The first kappa shape index (κ1) is 19.2. The van der Waals surface area contributed by atoms with E-state index in [0.717, 1.165) is 0 Å². The maximum Gasteiger partial charge on any atom is 0.321 e. The number of carbonyl (C=O) groups is 4. The molecular weight excluding hydrogens is 370 g/mol. The maximum atomic E-state index is 12.5. The van der Waals surface area contributed by atoms with E-state index in [1.807, 2.05) is 0 Å². The smallest absolute Gasteiger partial charge is 0.321 e. The van der Waals surface area contributed by atoms with Gasteiger partial charge in [0.15, 0.2) is 5.41 Å². The van der Waals surface area contributed by atoms with Crippen molar-refractivity contribution in [3.8, 4) is 0 Å². The molecule has 0 aromatic heterocycles. The Kier molecular flexibility index (Phi) is 5.14. The summed E-state index contributed by atoms with van der Waals surface area (Å²) in [7, 11) is 0. The van der Waals surface area contributed by atoms with Gasteiger partial charge in [0.25, 0.3) is 5.91 Å². The highest BCUT2D eigenvalue weighted by Gasteiger charge is 2.60. The van der Waals surface area contributed by atoms with Gasteiger partial charge in [-0.25, -0.2) is 0 Å². The summed E-state index contributed by atoms with van der Waals surface area (Å²) in [5, 5.41) is 14.6. The Hall–Kier alpha value is -2.55. The summed E-state index contributed by atoms with van der Waals surface area (Å²) in [5.74, 6) is -2.55. The van der Waals surface area contributed by atoms with Crippen molar-refractivity contribution in [1.82, 2.24) is 15.5 Å². The number of thioether (sulfide) groups is 1. The topological polar surface area (TPSA) is 116 Å². The third-order valence-corrected chi connectivity index (χ3v) is 6.20. The molecule has 2 heterocycles. The van der Waals surface area contributed by atoms with E-state index in [1.165, 1.54) is 16.7 Å². The van der Waals surface area contributed by atoms with Crippen LogP contribution in [0.2, 0.25) is 0 Å². The SMILES string of the molecule is CC(C)NC(=O)C1(C(=O)O)CS[C@@H]2C(NC(=O)c3ccccc3)C(=O)N2C1. The van der Waals surface area contributed by atoms with E-state index in [-0.39, 0.29) is 35.5 Å². The van der Waals surface area contributed by atoms with Crippen molar-refractivity contribution in [2.75, 3.05) is 12.3 Å². The molecule has 2 unspecified atom stereocenters. The molecule has 2 fully saturated rings. The highest BCUT2D eigenvalue weighted by atomic mass is 32.2. The van der Waals surface area contributed by atoms with Crippen molar-refractivity contribution in [3.63, 3.8) is 0 Å². The van der Waals surface area contributed by atoms with Gasteiger partial charge in [0.05, 0.1) is 0 Å². The van der Waals surface area contributed by atoms with Crippen LogP contribution in [0.3, 0.4) is 0 Å². The lowest BCUT2D eigenvalue weighted by Gasteiger charge is -2.53. The number of nitrogens with zero attached hydrogens (tertiary/aromatic N) is 1. The molecule has 9 heteroatoms. The Labute approximate surface area is 160 Å². The molecule has 0 spiro atoms. The monoisotopic (exact) mass is 391 g/mol. The normalized spacial score (nSPS) is 26.8. The van der Waals surface area contributed by atoms with Gasteiger partial charge in [0.1, 0.15) is 11.4 Å². The number of benzene rings is 1. The Morgan fingerprint density at radius 3 is 2.52 bits per heavy atom. The molecule has 2 saturated heterocycles. The Morgan fingerprint density at radius 2 is 1.93 bits per heavy atom. The van der Waals surface area contributed by atoms with E-state index in [1.54, 1.807) is 44.2 Å². The largest absolute Gasteiger partial charge is 0.480 e. The third-order valence-electron chi connectivity index (χ3n) is 4.67. The fraction of sp³-hybridized carbons (Fsp3) is 0.444. The number of amides is 3. The summed E-state index contributed by atoms with van der Waals surface area (Å²) in [6.45, 7) is 3.29. The van der Waals surface area contributed by atoms with Gasteiger partial charge in [-0.15, -0.1) is 11.8 Å². The summed E-state index contributed by atoms with van der Waals surface area (Å²) < 4.78 is 0. The number of carboxylic acids is 1. The third kappa shape index (κ3) is 3.39. The van der Waals surface area contributed by atoms with E-state index in [9.17, 15) is 24.3 Å². The van der Waals surface area contributed by atoms with E-state index in [4.69, 9.17) is 0 Å². The summed E-state index contributed by atoms with van der Waals surface area (Å²) in [6, 6.07) is 7.62. The molecule has 27 heavy (non-hydrogen) atoms. The minimum Gasteiger partial charge on any atom is -0.480 e. The zero-order valence-electron chi connectivity index (χ0n) is 15.0. The van der Waals surface area contributed by atoms with Crippen LogP contribution in [-0.2, 0) is 14.4 Å². The lowest BCUT2D eigenvalue weighted by molar-refractivity contribution is -0.162. The van der Waals surface area contributed by atoms with Gasteiger partial charge in [0.2, 0.25) is 11.8 Å². The number of rotatable bonds is 5. The summed E-state index contributed by atoms with van der Waals surface area (Å²) in [6.07, 6.45) is 0. The summed E-state index contributed by atoms with van der Waals surface area (Å²) in [4.78, 5) is 50.5. The molecule has 3 N–H and O–H groups in total. The van der Waals surface area contributed by atoms with Gasteiger partial charge in [0, 0.05) is 23.9 Å². The lowest BCUT2D eigenvalue weighted by atomic mass is 9.85. The molecule has 3 rings (SSSR count). The molecule has 1 aromatic carbocycles. The molecule has 0 bridgehead atoms. The van der Waals surface area contributed by atoms with Gasteiger partial charge in [-0.3, -0.25) is 19.2 Å². The molecule has 3 amide bonds. The second kappa shape index (κ2) is 7.22. The van der Waals surface area contributed by atoms with Gasteiger partial charge in [-0.2, -0.15) is 0 Å². The number of hydrogen-bond donors (Lipinski definition) is 3.